The first-order valence-corrected chi connectivity index (χ1v) is 6.20. The van der Waals surface area contributed by atoms with Crippen LogP contribution in [0.2, 0.25) is 0 Å². The molecule has 0 radical (unpaired) electrons. The highest BCUT2D eigenvalue weighted by Crippen LogP contribution is 2.25. The first kappa shape index (κ1) is 12.1. The second-order valence-corrected chi connectivity index (χ2v) is 4.87. The van der Waals surface area contributed by atoms with E-state index >= 15 is 0 Å². The fourth-order valence-corrected chi connectivity index (χ4v) is 1.94. The predicted octanol–water partition coefficient (Wildman–Crippen LogP) is 2.81. The third-order valence-electron chi connectivity index (χ3n) is 2.69. The van der Waals surface area contributed by atoms with Crippen molar-refractivity contribution in [3.63, 3.8) is 0 Å². The van der Waals surface area contributed by atoms with Gasteiger partial charge in [-0.3, -0.25) is 4.68 Å². The summed E-state index contributed by atoms with van der Waals surface area (Å²) in [5.74, 6) is 0.920. The summed E-state index contributed by atoms with van der Waals surface area (Å²) >= 11 is 3.56. The molecule has 0 bridgehead atoms. The van der Waals surface area contributed by atoms with Crippen molar-refractivity contribution in [2.45, 2.75) is 20.4 Å². The third-order valence-corrected chi connectivity index (χ3v) is 3.94. The van der Waals surface area contributed by atoms with E-state index < -0.39 is 0 Å². The first-order chi connectivity index (χ1) is 8.08. The van der Waals surface area contributed by atoms with Gasteiger partial charge in [-0.25, -0.2) is 4.98 Å². The molecule has 0 fully saturated rings. The average Bonchev–Trinajstić information content (AvgIpc) is 2.69. The van der Waals surface area contributed by atoms with E-state index in [4.69, 9.17) is 0 Å². The van der Waals surface area contributed by atoms with Crippen LogP contribution in [0.25, 0.3) is 0 Å². The first-order valence-electron chi connectivity index (χ1n) is 5.41. The van der Waals surface area contributed by atoms with Gasteiger partial charge in [0.1, 0.15) is 12.2 Å². The van der Waals surface area contributed by atoms with E-state index in [1.807, 2.05) is 7.05 Å². The van der Waals surface area contributed by atoms with E-state index in [1.165, 1.54) is 15.6 Å². The number of hydrogen-bond acceptors (Lipinski definition) is 3. The largest absolute Gasteiger partial charge is 0.378 e. The van der Waals surface area contributed by atoms with Gasteiger partial charge in [-0.1, -0.05) is 15.9 Å². The number of hydrogen-bond donors (Lipinski definition) is 1. The molecule has 1 aromatic carbocycles. The average molecular weight is 295 g/mol. The number of nitrogens with zero attached hydrogens (tertiary/aromatic N) is 3. The van der Waals surface area contributed by atoms with Gasteiger partial charge in [0.15, 0.2) is 0 Å². The van der Waals surface area contributed by atoms with Crippen molar-refractivity contribution < 1.29 is 0 Å². The van der Waals surface area contributed by atoms with Gasteiger partial charge in [0, 0.05) is 17.2 Å². The standard InChI is InChI=1S/C12H15BrN4/c1-8-4-10(5-9(2)12(8)13)14-6-11-15-7-16-17(11)3/h4-5,7,14H,6H2,1-3H3. The highest BCUT2D eigenvalue weighted by atomic mass is 79.9. The van der Waals surface area contributed by atoms with Crippen molar-refractivity contribution in [2.24, 2.45) is 7.05 Å². The lowest BCUT2D eigenvalue weighted by molar-refractivity contribution is 0.712. The normalized spacial score (nSPS) is 10.6. The maximum Gasteiger partial charge on any atom is 0.145 e. The molecule has 0 atom stereocenters. The van der Waals surface area contributed by atoms with Crippen molar-refractivity contribution in [3.05, 3.63) is 39.9 Å². The molecule has 0 spiro atoms. The highest BCUT2D eigenvalue weighted by molar-refractivity contribution is 9.10. The molecule has 90 valence electrons. The Kier molecular flexibility index (Phi) is 3.47. The molecule has 0 unspecified atom stereocenters. The molecule has 1 aromatic heterocycles. The van der Waals surface area contributed by atoms with Gasteiger partial charge in [0.05, 0.1) is 6.54 Å². The number of anilines is 1. The van der Waals surface area contributed by atoms with Gasteiger partial charge in [0.25, 0.3) is 0 Å². The van der Waals surface area contributed by atoms with E-state index in [9.17, 15) is 0 Å². The Morgan fingerprint density at radius 1 is 1.29 bits per heavy atom. The van der Waals surface area contributed by atoms with Gasteiger partial charge in [-0.2, -0.15) is 5.10 Å². The van der Waals surface area contributed by atoms with Crippen LogP contribution in [0.4, 0.5) is 5.69 Å². The Hall–Kier alpha value is -1.36. The molecule has 1 N–H and O–H groups in total. The predicted molar refractivity (Wildman–Crippen MR) is 71.9 cm³/mol. The topological polar surface area (TPSA) is 42.7 Å². The van der Waals surface area contributed by atoms with Crippen LogP contribution in [0.3, 0.4) is 0 Å². The Morgan fingerprint density at radius 2 is 1.94 bits per heavy atom. The minimum absolute atomic E-state index is 0.678. The molecule has 2 rings (SSSR count). The summed E-state index contributed by atoms with van der Waals surface area (Å²) < 4.78 is 2.94. The zero-order chi connectivity index (χ0) is 12.4. The number of nitrogens with one attached hydrogen (secondary N) is 1. The number of rotatable bonds is 3. The Labute approximate surface area is 109 Å². The second kappa shape index (κ2) is 4.87. The summed E-state index contributed by atoms with van der Waals surface area (Å²) in [5, 5.41) is 7.39. The van der Waals surface area contributed by atoms with Crippen LogP contribution < -0.4 is 5.32 Å². The number of halogens is 1. The molecule has 0 saturated heterocycles. The van der Waals surface area contributed by atoms with Crippen molar-refractivity contribution in [2.75, 3.05) is 5.32 Å². The summed E-state index contributed by atoms with van der Waals surface area (Å²) in [6.07, 6.45) is 1.56. The molecule has 1 heterocycles. The van der Waals surface area contributed by atoms with Crippen LogP contribution in [0, 0.1) is 13.8 Å². The molecule has 4 nitrogen and oxygen atoms in total. The van der Waals surface area contributed by atoms with E-state index in [0.29, 0.717) is 6.54 Å². The van der Waals surface area contributed by atoms with Gasteiger partial charge in [-0.15, -0.1) is 0 Å². The monoisotopic (exact) mass is 294 g/mol. The summed E-state index contributed by atoms with van der Waals surface area (Å²) in [6.45, 7) is 4.85. The SMILES string of the molecule is Cc1cc(NCc2ncnn2C)cc(C)c1Br. The van der Waals surface area contributed by atoms with E-state index in [2.05, 4.69) is 57.3 Å². The van der Waals surface area contributed by atoms with Crippen molar-refractivity contribution in [3.8, 4) is 0 Å². The van der Waals surface area contributed by atoms with Crippen LogP contribution in [-0.4, -0.2) is 14.8 Å². The van der Waals surface area contributed by atoms with Gasteiger partial charge in [0.2, 0.25) is 0 Å². The third kappa shape index (κ3) is 2.66. The van der Waals surface area contributed by atoms with Crippen molar-refractivity contribution >= 4 is 21.6 Å². The molecular weight excluding hydrogens is 280 g/mol. The highest BCUT2D eigenvalue weighted by Gasteiger charge is 2.04. The second-order valence-electron chi connectivity index (χ2n) is 4.08. The maximum atomic E-state index is 4.17. The van der Waals surface area contributed by atoms with E-state index in [1.54, 1.807) is 11.0 Å². The summed E-state index contributed by atoms with van der Waals surface area (Å²) in [5.41, 5.74) is 3.56. The van der Waals surface area contributed by atoms with E-state index in [0.717, 1.165) is 11.5 Å². The zero-order valence-corrected chi connectivity index (χ0v) is 11.7. The molecule has 0 saturated carbocycles. The molecule has 0 amide bonds. The van der Waals surface area contributed by atoms with E-state index in [-0.39, 0.29) is 0 Å². The van der Waals surface area contributed by atoms with Crippen molar-refractivity contribution in [1.29, 1.82) is 0 Å². The Balaban J connectivity index is 2.12. The fourth-order valence-electron chi connectivity index (χ4n) is 1.71. The summed E-state index contributed by atoms with van der Waals surface area (Å²) in [7, 11) is 1.89. The van der Waals surface area contributed by atoms with Crippen LogP contribution in [0.15, 0.2) is 22.9 Å². The van der Waals surface area contributed by atoms with Crippen LogP contribution in [0.1, 0.15) is 17.0 Å². The smallest absolute Gasteiger partial charge is 0.145 e. The van der Waals surface area contributed by atoms with Gasteiger partial charge in [-0.05, 0) is 37.1 Å². The lowest BCUT2D eigenvalue weighted by Crippen LogP contribution is -2.07. The molecule has 2 aromatic rings. The fraction of sp³-hybridized carbons (Fsp3) is 0.333. The molecule has 0 aliphatic carbocycles. The van der Waals surface area contributed by atoms with Crippen molar-refractivity contribution in [1.82, 2.24) is 14.8 Å². The minimum Gasteiger partial charge on any atom is -0.378 e. The van der Waals surface area contributed by atoms with Gasteiger partial charge < -0.3 is 5.32 Å². The van der Waals surface area contributed by atoms with Crippen LogP contribution in [-0.2, 0) is 13.6 Å². The van der Waals surface area contributed by atoms with Crippen LogP contribution in [0.5, 0.6) is 0 Å². The Morgan fingerprint density at radius 3 is 2.47 bits per heavy atom. The summed E-state index contributed by atoms with van der Waals surface area (Å²) in [6, 6.07) is 4.24. The Bertz CT molecular complexity index is 510. The molecule has 0 aliphatic heterocycles. The van der Waals surface area contributed by atoms with Crippen LogP contribution >= 0.6 is 15.9 Å². The quantitative estimate of drug-likeness (QED) is 0.947. The molecular formula is C12H15BrN4. The molecule has 5 heteroatoms. The minimum atomic E-state index is 0.678. The zero-order valence-electron chi connectivity index (χ0n) is 10.2. The number of aryl methyl sites for hydroxylation is 3. The molecule has 17 heavy (non-hydrogen) atoms. The lowest BCUT2D eigenvalue weighted by Gasteiger charge is -2.10. The summed E-state index contributed by atoms with van der Waals surface area (Å²) in [4.78, 5) is 4.17. The lowest BCUT2D eigenvalue weighted by atomic mass is 10.1. The maximum absolute atomic E-state index is 4.17. The number of aromatic nitrogens is 3. The number of benzene rings is 1. The van der Waals surface area contributed by atoms with Gasteiger partial charge >= 0.3 is 0 Å². The molecule has 0 aliphatic rings.